The highest BCUT2D eigenvalue weighted by atomic mass is 79.9. The third-order valence-electron chi connectivity index (χ3n) is 2.28. The largest absolute Gasteiger partial charge is 0.477 e. The molecular weight excluding hydrogens is 293 g/mol. The Hall–Kier alpha value is -1.69. The molecule has 0 aliphatic rings. The minimum absolute atomic E-state index is 0.00574. The third kappa shape index (κ3) is 1.95. The van der Waals surface area contributed by atoms with Crippen LogP contribution in [0.3, 0.4) is 0 Å². The van der Waals surface area contributed by atoms with Crippen molar-refractivity contribution in [2.75, 3.05) is 0 Å². The first-order valence-electron chi connectivity index (χ1n) is 4.66. The number of hydrogen-bond donors (Lipinski definition) is 1. The number of carboxylic acids is 1. The molecular formula is C11H7BrFNO3. The minimum Gasteiger partial charge on any atom is -0.477 e. The van der Waals surface area contributed by atoms with Gasteiger partial charge in [-0.1, -0.05) is 11.2 Å². The molecule has 1 N–H and O–H groups in total. The Balaban J connectivity index is 2.69. The van der Waals surface area contributed by atoms with Crippen LogP contribution in [-0.2, 0) is 0 Å². The Kier molecular flexibility index (Phi) is 2.97. The number of carbonyl (C=O) groups is 1. The van der Waals surface area contributed by atoms with E-state index in [2.05, 4.69) is 21.1 Å². The molecule has 0 saturated heterocycles. The first kappa shape index (κ1) is 11.8. The van der Waals surface area contributed by atoms with Crippen molar-refractivity contribution in [3.63, 3.8) is 0 Å². The number of hydrogen-bond acceptors (Lipinski definition) is 3. The minimum atomic E-state index is -1.20. The van der Waals surface area contributed by atoms with Crippen LogP contribution in [0.2, 0.25) is 0 Å². The highest BCUT2D eigenvalue weighted by molar-refractivity contribution is 9.10. The molecule has 0 unspecified atom stereocenters. The second-order valence-electron chi connectivity index (χ2n) is 3.37. The Morgan fingerprint density at radius 3 is 2.88 bits per heavy atom. The number of nitrogens with zero attached hydrogens (tertiary/aromatic N) is 1. The molecule has 2 aromatic rings. The predicted molar refractivity (Wildman–Crippen MR) is 61.3 cm³/mol. The fraction of sp³-hybridized carbons (Fsp3) is 0.0909. The van der Waals surface area contributed by atoms with Crippen molar-refractivity contribution in [3.05, 3.63) is 39.8 Å². The van der Waals surface area contributed by atoms with Crippen molar-refractivity contribution in [1.82, 2.24) is 5.16 Å². The summed E-state index contributed by atoms with van der Waals surface area (Å²) in [5, 5.41) is 12.6. The molecule has 88 valence electrons. The molecule has 1 heterocycles. The Morgan fingerprint density at radius 2 is 2.24 bits per heavy atom. The van der Waals surface area contributed by atoms with Crippen molar-refractivity contribution in [3.8, 4) is 11.3 Å². The van der Waals surface area contributed by atoms with Crippen LogP contribution >= 0.6 is 15.9 Å². The van der Waals surface area contributed by atoms with Gasteiger partial charge in [0.05, 0.1) is 4.47 Å². The summed E-state index contributed by atoms with van der Waals surface area (Å²) in [7, 11) is 0. The van der Waals surface area contributed by atoms with Crippen LogP contribution in [0, 0.1) is 12.7 Å². The first-order valence-corrected chi connectivity index (χ1v) is 5.45. The molecule has 0 radical (unpaired) electrons. The fourth-order valence-electron chi connectivity index (χ4n) is 1.49. The summed E-state index contributed by atoms with van der Waals surface area (Å²) in [6, 6.07) is 4.56. The molecule has 0 aliphatic heterocycles. The van der Waals surface area contributed by atoms with Crippen molar-refractivity contribution in [1.29, 1.82) is 0 Å². The fourth-order valence-corrected chi connectivity index (χ4v) is 1.86. The third-order valence-corrected chi connectivity index (χ3v) is 2.90. The van der Waals surface area contributed by atoms with E-state index >= 15 is 0 Å². The lowest BCUT2D eigenvalue weighted by molar-refractivity contribution is 0.0696. The molecule has 17 heavy (non-hydrogen) atoms. The summed E-state index contributed by atoms with van der Waals surface area (Å²) in [6.45, 7) is 1.47. The smallest absolute Gasteiger partial charge is 0.341 e. The quantitative estimate of drug-likeness (QED) is 0.924. The molecule has 0 spiro atoms. The maximum absolute atomic E-state index is 13.8. The lowest BCUT2D eigenvalue weighted by Gasteiger charge is -2.01. The van der Waals surface area contributed by atoms with Crippen LogP contribution in [0.1, 0.15) is 16.1 Å². The molecule has 0 amide bonds. The van der Waals surface area contributed by atoms with Crippen LogP contribution in [0.15, 0.2) is 27.2 Å². The number of aromatic nitrogens is 1. The van der Waals surface area contributed by atoms with Gasteiger partial charge in [-0.15, -0.1) is 0 Å². The highest BCUT2D eigenvalue weighted by Gasteiger charge is 2.23. The van der Waals surface area contributed by atoms with E-state index in [1.807, 2.05) is 0 Å². The molecule has 1 aromatic heterocycles. The van der Waals surface area contributed by atoms with Crippen LogP contribution in [0.4, 0.5) is 4.39 Å². The first-order chi connectivity index (χ1) is 8.02. The summed E-state index contributed by atoms with van der Waals surface area (Å²) >= 11 is 3.03. The van der Waals surface area contributed by atoms with E-state index in [4.69, 9.17) is 9.63 Å². The van der Waals surface area contributed by atoms with Gasteiger partial charge in [-0.3, -0.25) is 0 Å². The normalized spacial score (nSPS) is 10.5. The zero-order chi connectivity index (χ0) is 12.6. The van der Waals surface area contributed by atoms with Gasteiger partial charge in [-0.2, -0.15) is 0 Å². The molecule has 0 bridgehead atoms. The van der Waals surface area contributed by atoms with Gasteiger partial charge in [0.15, 0.2) is 0 Å². The standard InChI is InChI=1S/C11H7BrFNO3/c1-5-8(11(15)16)10(14-17-5)6-3-2-4-7(12)9(6)13/h2-4H,1H3,(H,15,16). The summed E-state index contributed by atoms with van der Waals surface area (Å²) in [5.41, 5.74) is -0.0376. The summed E-state index contributed by atoms with van der Waals surface area (Å²) < 4.78 is 18.9. The molecule has 0 fully saturated rings. The van der Waals surface area contributed by atoms with Crippen molar-refractivity contribution < 1.29 is 18.8 Å². The van der Waals surface area contributed by atoms with Gasteiger partial charge >= 0.3 is 5.97 Å². The summed E-state index contributed by atoms with van der Waals surface area (Å²) in [6.07, 6.45) is 0. The molecule has 4 nitrogen and oxygen atoms in total. The van der Waals surface area contributed by atoms with Gasteiger partial charge in [0.25, 0.3) is 0 Å². The monoisotopic (exact) mass is 299 g/mol. The maximum Gasteiger partial charge on any atom is 0.341 e. The van der Waals surface area contributed by atoms with E-state index in [0.717, 1.165) is 0 Å². The van der Waals surface area contributed by atoms with Crippen LogP contribution in [0.5, 0.6) is 0 Å². The zero-order valence-corrected chi connectivity index (χ0v) is 10.3. The van der Waals surface area contributed by atoms with Crippen molar-refractivity contribution >= 4 is 21.9 Å². The van der Waals surface area contributed by atoms with Gasteiger partial charge < -0.3 is 9.63 Å². The average Bonchev–Trinajstić information content (AvgIpc) is 2.64. The van der Waals surface area contributed by atoms with Crippen LogP contribution in [0.25, 0.3) is 11.3 Å². The lowest BCUT2D eigenvalue weighted by atomic mass is 10.1. The number of benzene rings is 1. The van der Waals surface area contributed by atoms with E-state index in [-0.39, 0.29) is 27.1 Å². The van der Waals surface area contributed by atoms with E-state index in [9.17, 15) is 9.18 Å². The molecule has 1 aromatic carbocycles. The van der Waals surface area contributed by atoms with Crippen molar-refractivity contribution in [2.45, 2.75) is 6.92 Å². The number of aryl methyl sites for hydroxylation is 1. The topological polar surface area (TPSA) is 63.3 Å². The second kappa shape index (κ2) is 4.29. The molecule has 6 heteroatoms. The van der Waals surface area contributed by atoms with E-state index < -0.39 is 11.8 Å². The SMILES string of the molecule is Cc1onc(-c2cccc(Br)c2F)c1C(=O)O. The van der Waals surface area contributed by atoms with Gasteiger partial charge in [-0.05, 0) is 35.0 Å². The zero-order valence-electron chi connectivity index (χ0n) is 8.70. The predicted octanol–water partition coefficient (Wildman–Crippen LogP) is 3.25. The van der Waals surface area contributed by atoms with E-state index in [0.29, 0.717) is 0 Å². The maximum atomic E-state index is 13.8. The Labute approximate surface area is 104 Å². The number of halogens is 2. The summed E-state index contributed by atoms with van der Waals surface area (Å²) in [4.78, 5) is 11.0. The number of carboxylic acid groups (broad SMARTS) is 1. The Morgan fingerprint density at radius 1 is 1.53 bits per heavy atom. The van der Waals surface area contributed by atoms with Crippen LogP contribution < -0.4 is 0 Å². The average molecular weight is 300 g/mol. The van der Waals surface area contributed by atoms with Gasteiger partial charge in [0.2, 0.25) is 0 Å². The van der Waals surface area contributed by atoms with Gasteiger partial charge in [0, 0.05) is 5.56 Å². The van der Waals surface area contributed by atoms with Gasteiger partial charge in [-0.25, -0.2) is 9.18 Å². The van der Waals surface area contributed by atoms with E-state index in [1.165, 1.54) is 19.1 Å². The Bertz CT molecular complexity index is 594. The second-order valence-corrected chi connectivity index (χ2v) is 4.22. The van der Waals surface area contributed by atoms with E-state index in [1.54, 1.807) is 6.07 Å². The molecule has 2 rings (SSSR count). The number of rotatable bonds is 2. The lowest BCUT2D eigenvalue weighted by Crippen LogP contribution is -2.00. The van der Waals surface area contributed by atoms with Gasteiger partial charge in [0.1, 0.15) is 22.8 Å². The molecule has 0 aliphatic carbocycles. The molecule has 0 saturated carbocycles. The van der Waals surface area contributed by atoms with Crippen molar-refractivity contribution in [2.24, 2.45) is 0 Å². The summed E-state index contributed by atoms with van der Waals surface area (Å²) in [5.74, 6) is -1.62. The van der Waals surface area contributed by atoms with Crippen LogP contribution in [-0.4, -0.2) is 16.2 Å². The molecule has 0 atom stereocenters. The number of aromatic carboxylic acids is 1. The highest BCUT2D eigenvalue weighted by Crippen LogP contribution is 2.30.